The summed E-state index contributed by atoms with van der Waals surface area (Å²) in [5.74, 6) is -0.368. The lowest BCUT2D eigenvalue weighted by Crippen LogP contribution is -2.14. The topological polar surface area (TPSA) is 104 Å². The molecule has 0 radical (unpaired) electrons. The number of aryl methyl sites for hydroxylation is 2. The van der Waals surface area contributed by atoms with Gasteiger partial charge in [0.25, 0.3) is 5.91 Å². The first-order valence-electron chi connectivity index (χ1n) is 7.20. The van der Waals surface area contributed by atoms with Gasteiger partial charge < -0.3 is 10.3 Å². The van der Waals surface area contributed by atoms with Gasteiger partial charge in [0.1, 0.15) is 5.69 Å². The van der Waals surface area contributed by atoms with E-state index in [1.807, 2.05) is 13.0 Å². The normalized spacial score (nSPS) is 11.0. The summed E-state index contributed by atoms with van der Waals surface area (Å²) in [6.45, 7) is 6.92. The Morgan fingerprint density at radius 2 is 1.91 bits per heavy atom. The smallest absolute Gasteiger partial charge is 0.272 e. The van der Waals surface area contributed by atoms with Crippen LogP contribution in [0.25, 0.3) is 11.0 Å². The average molecular weight is 311 g/mol. The quantitative estimate of drug-likeness (QED) is 0.647. The van der Waals surface area contributed by atoms with Gasteiger partial charge in [0.05, 0.1) is 11.9 Å². The van der Waals surface area contributed by atoms with Crippen molar-refractivity contribution >= 4 is 28.4 Å². The van der Waals surface area contributed by atoms with Crippen LogP contribution >= 0.6 is 0 Å². The molecule has 0 saturated carbocycles. The van der Waals surface area contributed by atoms with Crippen molar-refractivity contribution in [3.63, 3.8) is 0 Å². The van der Waals surface area contributed by atoms with Gasteiger partial charge >= 0.3 is 0 Å². The van der Waals surface area contributed by atoms with E-state index >= 15 is 0 Å². The Hall–Kier alpha value is -2.96. The Bertz CT molecular complexity index is 935. The Morgan fingerprint density at radius 3 is 2.57 bits per heavy atom. The molecule has 0 aliphatic rings. The standard InChI is InChI=1S/C16H17N5O2/c1-7-13(10(4)22)9(3)18-14(7)16(23)19-11-5-12-8(2)20-21-15(12)17-6-11/h5-6,18H,1-4H3,(H,19,23)(H,17,20,21). The van der Waals surface area contributed by atoms with E-state index in [9.17, 15) is 9.59 Å². The third kappa shape index (κ3) is 2.50. The predicted molar refractivity (Wildman–Crippen MR) is 86.9 cm³/mol. The number of rotatable bonds is 3. The number of fused-ring (bicyclic) bond motifs is 1. The maximum atomic E-state index is 12.5. The molecule has 0 aliphatic heterocycles. The van der Waals surface area contributed by atoms with Gasteiger partial charge in [-0.3, -0.25) is 14.7 Å². The number of Topliss-reactive ketones (excluding diaryl/α,β-unsaturated/α-hetero) is 1. The molecule has 118 valence electrons. The minimum Gasteiger partial charge on any atom is -0.354 e. The minimum atomic E-state index is -0.305. The van der Waals surface area contributed by atoms with Crippen LogP contribution in [0.1, 0.15) is 44.7 Å². The van der Waals surface area contributed by atoms with Crippen LogP contribution in [0.15, 0.2) is 12.3 Å². The summed E-state index contributed by atoms with van der Waals surface area (Å²) in [7, 11) is 0. The Balaban J connectivity index is 1.93. The van der Waals surface area contributed by atoms with Crippen molar-refractivity contribution < 1.29 is 9.59 Å². The molecule has 0 unspecified atom stereocenters. The largest absolute Gasteiger partial charge is 0.354 e. The third-order valence-electron chi connectivity index (χ3n) is 3.87. The molecule has 0 bridgehead atoms. The first-order chi connectivity index (χ1) is 10.9. The molecule has 0 atom stereocenters. The van der Waals surface area contributed by atoms with Gasteiger partial charge in [-0.15, -0.1) is 0 Å². The second-order valence-corrected chi connectivity index (χ2v) is 5.58. The summed E-state index contributed by atoms with van der Waals surface area (Å²) < 4.78 is 0. The molecule has 7 heteroatoms. The molecule has 1 amide bonds. The van der Waals surface area contributed by atoms with Crippen LogP contribution < -0.4 is 5.32 Å². The number of hydrogen-bond donors (Lipinski definition) is 3. The van der Waals surface area contributed by atoms with E-state index in [2.05, 4.69) is 25.5 Å². The van der Waals surface area contributed by atoms with Crippen LogP contribution in [0.2, 0.25) is 0 Å². The van der Waals surface area contributed by atoms with E-state index < -0.39 is 0 Å². The van der Waals surface area contributed by atoms with Gasteiger partial charge in [0, 0.05) is 22.3 Å². The predicted octanol–water partition coefficient (Wildman–Crippen LogP) is 2.67. The Labute approximate surface area is 132 Å². The van der Waals surface area contributed by atoms with Crippen LogP contribution in [0, 0.1) is 20.8 Å². The Kier molecular flexibility index (Phi) is 3.48. The molecule has 7 nitrogen and oxygen atoms in total. The number of nitrogens with zero attached hydrogens (tertiary/aromatic N) is 2. The van der Waals surface area contributed by atoms with Crippen molar-refractivity contribution in [1.29, 1.82) is 0 Å². The lowest BCUT2D eigenvalue weighted by molar-refractivity contribution is 0.101. The van der Waals surface area contributed by atoms with Crippen molar-refractivity contribution in [2.24, 2.45) is 0 Å². The molecule has 0 aromatic carbocycles. The zero-order valence-corrected chi connectivity index (χ0v) is 13.4. The van der Waals surface area contributed by atoms with Crippen LogP contribution in [0.5, 0.6) is 0 Å². The number of H-pyrrole nitrogens is 2. The summed E-state index contributed by atoms with van der Waals surface area (Å²) in [5.41, 5.74) is 4.36. The number of aromatic nitrogens is 4. The zero-order chi connectivity index (χ0) is 16.7. The molecule has 0 saturated heterocycles. The van der Waals surface area contributed by atoms with E-state index in [4.69, 9.17) is 0 Å². The number of ketones is 1. The lowest BCUT2D eigenvalue weighted by Gasteiger charge is -2.05. The first kappa shape index (κ1) is 15.0. The molecule has 3 aromatic rings. The first-order valence-corrected chi connectivity index (χ1v) is 7.20. The summed E-state index contributed by atoms with van der Waals surface area (Å²) in [5, 5.41) is 10.6. The summed E-state index contributed by atoms with van der Waals surface area (Å²) >= 11 is 0. The van der Waals surface area contributed by atoms with Gasteiger partial charge in [0.2, 0.25) is 0 Å². The molecule has 3 rings (SSSR count). The molecular formula is C16H17N5O2. The van der Waals surface area contributed by atoms with E-state index in [-0.39, 0.29) is 11.7 Å². The average Bonchev–Trinajstić information content (AvgIpc) is 2.99. The maximum absolute atomic E-state index is 12.5. The van der Waals surface area contributed by atoms with E-state index in [1.54, 1.807) is 20.0 Å². The number of anilines is 1. The number of pyridine rings is 1. The van der Waals surface area contributed by atoms with E-state index in [0.29, 0.717) is 33.8 Å². The van der Waals surface area contributed by atoms with Crippen molar-refractivity contribution in [3.05, 3.63) is 40.5 Å². The highest BCUT2D eigenvalue weighted by Crippen LogP contribution is 2.21. The zero-order valence-electron chi connectivity index (χ0n) is 13.4. The number of nitrogens with one attached hydrogen (secondary N) is 3. The van der Waals surface area contributed by atoms with Crippen LogP contribution in [-0.4, -0.2) is 31.9 Å². The Morgan fingerprint density at radius 1 is 1.17 bits per heavy atom. The van der Waals surface area contributed by atoms with Crippen molar-refractivity contribution in [2.45, 2.75) is 27.7 Å². The molecule has 0 spiro atoms. The highest BCUT2D eigenvalue weighted by Gasteiger charge is 2.20. The fraction of sp³-hybridized carbons (Fsp3) is 0.250. The number of carbonyl (C=O) groups excluding carboxylic acids is 2. The minimum absolute atomic E-state index is 0.0626. The highest BCUT2D eigenvalue weighted by atomic mass is 16.2. The molecule has 3 heterocycles. The highest BCUT2D eigenvalue weighted by molar-refractivity contribution is 6.08. The maximum Gasteiger partial charge on any atom is 0.272 e. The van der Waals surface area contributed by atoms with E-state index in [0.717, 1.165) is 11.1 Å². The van der Waals surface area contributed by atoms with E-state index in [1.165, 1.54) is 6.92 Å². The van der Waals surface area contributed by atoms with Gasteiger partial charge in [-0.2, -0.15) is 5.10 Å². The van der Waals surface area contributed by atoms with Gasteiger partial charge in [-0.05, 0) is 39.3 Å². The third-order valence-corrected chi connectivity index (χ3v) is 3.87. The summed E-state index contributed by atoms with van der Waals surface area (Å²) in [6, 6.07) is 1.82. The number of hydrogen-bond acceptors (Lipinski definition) is 4. The number of aromatic amines is 2. The monoisotopic (exact) mass is 311 g/mol. The second kappa shape index (κ2) is 5.35. The molecule has 0 aliphatic carbocycles. The number of amides is 1. The second-order valence-electron chi connectivity index (χ2n) is 5.58. The van der Waals surface area contributed by atoms with Crippen molar-refractivity contribution in [3.8, 4) is 0 Å². The molecule has 3 N–H and O–H groups in total. The van der Waals surface area contributed by atoms with Crippen molar-refractivity contribution in [1.82, 2.24) is 20.2 Å². The molecule has 0 fully saturated rings. The molecular weight excluding hydrogens is 294 g/mol. The lowest BCUT2D eigenvalue weighted by atomic mass is 10.1. The van der Waals surface area contributed by atoms with Gasteiger partial charge in [-0.1, -0.05) is 0 Å². The van der Waals surface area contributed by atoms with Gasteiger partial charge in [0.15, 0.2) is 11.4 Å². The summed E-state index contributed by atoms with van der Waals surface area (Å²) in [4.78, 5) is 31.3. The van der Waals surface area contributed by atoms with Crippen LogP contribution in [0.4, 0.5) is 5.69 Å². The van der Waals surface area contributed by atoms with Crippen LogP contribution in [-0.2, 0) is 0 Å². The molecule has 23 heavy (non-hydrogen) atoms. The van der Waals surface area contributed by atoms with Gasteiger partial charge in [-0.25, -0.2) is 4.98 Å². The van der Waals surface area contributed by atoms with Crippen molar-refractivity contribution in [2.75, 3.05) is 5.32 Å². The summed E-state index contributed by atoms with van der Waals surface area (Å²) in [6.07, 6.45) is 1.55. The van der Waals surface area contributed by atoms with Crippen LogP contribution in [0.3, 0.4) is 0 Å². The molecule has 3 aromatic heterocycles. The SMILES string of the molecule is CC(=O)c1c(C)[nH]c(C(=O)Nc2cnc3n[nH]c(C)c3c2)c1C. The number of carbonyl (C=O) groups is 2. The fourth-order valence-electron chi connectivity index (χ4n) is 2.79. The fourth-order valence-corrected chi connectivity index (χ4v) is 2.79.